The van der Waals surface area contributed by atoms with Crippen molar-refractivity contribution in [3.05, 3.63) is 54.1 Å². The van der Waals surface area contributed by atoms with Crippen molar-refractivity contribution < 1.29 is 0 Å². The Labute approximate surface area is 122 Å². The first kappa shape index (κ1) is 14.8. The molecule has 0 amide bonds. The quantitative estimate of drug-likeness (QED) is 0.838. The second kappa shape index (κ2) is 7.25. The molecule has 3 heteroatoms. The van der Waals surface area contributed by atoms with Crippen LogP contribution in [0.4, 0.5) is 0 Å². The highest BCUT2D eigenvalue weighted by Gasteiger charge is 2.15. The molecule has 1 unspecified atom stereocenters. The van der Waals surface area contributed by atoms with Gasteiger partial charge in [0.25, 0.3) is 0 Å². The van der Waals surface area contributed by atoms with Crippen molar-refractivity contribution in [2.75, 3.05) is 6.54 Å². The van der Waals surface area contributed by atoms with Crippen molar-refractivity contribution >= 4 is 0 Å². The highest BCUT2D eigenvalue weighted by Crippen LogP contribution is 2.19. The lowest BCUT2D eigenvalue weighted by atomic mass is 9.95. The van der Waals surface area contributed by atoms with Gasteiger partial charge in [-0.3, -0.25) is 0 Å². The van der Waals surface area contributed by atoms with Gasteiger partial charge in [-0.2, -0.15) is 0 Å². The van der Waals surface area contributed by atoms with Crippen LogP contribution in [0.1, 0.15) is 38.1 Å². The van der Waals surface area contributed by atoms with E-state index in [4.69, 9.17) is 0 Å². The van der Waals surface area contributed by atoms with Gasteiger partial charge >= 0.3 is 0 Å². The molecule has 108 valence electrons. The average molecular weight is 271 g/mol. The SMILES string of the molecule is CCn1ccnc1CC(CNC(C)C)c1ccccc1. The van der Waals surface area contributed by atoms with Gasteiger partial charge in [0, 0.05) is 43.9 Å². The third kappa shape index (κ3) is 3.94. The van der Waals surface area contributed by atoms with Gasteiger partial charge in [-0.15, -0.1) is 0 Å². The summed E-state index contributed by atoms with van der Waals surface area (Å²) in [7, 11) is 0. The number of benzene rings is 1. The van der Waals surface area contributed by atoms with Crippen LogP contribution in [-0.2, 0) is 13.0 Å². The second-order valence-electron chi connectivity index (χ2n) is 5.50. The van der Waals surface area contributed by atoms with E-state index >= 15 is 0 Å². The summed E-state index contributed by atoms with van der Waals surface area (Å²) in [4.78, 5) is 4.51. The maximum absolute atomic E-state index is 4.51. The number of rotatable bonds is 7. The Morgan fingerprint density at radius 3 is 2.60 bits per heavy atom. The van der Waals surface area contributed by atoms with E-state index in [1.807, 2.05) is 6.20 Å². The van der Waals surface area contributed by atoms with Crippen LogP contribution >= 0.6 is 0 Å². The number of nitrogens with one attached hydrogen (secondary N) is 1. The zero-order chi connectivity index (χ0) is 14.4. The normalized spacial score (nSPS) is 12.8. The molecule has 1 aromatic heterocycles. The van der Waals surface area contributed by atoms with E-state index in [-0.39, 0.29) is 0 Å². The number of hydrogen-bond acceptors (Lipinski definition) is 2. The van der Waals surface area contributed by atoms with Crippen LogP contribution in [0.2, 0.25) is 0 Å². The Balaban J connectivity index is 2.14. The molecule has 0 aliphatic heterocycles. The van der Waals surface area contributed by atoms with E-state index in [2.05, 4.69) is 72.2 Å². The van der Waals surface area contributed by atoms with Gasteiger partial charge in [0.15, 0.2) is 0 Å². The first-order valence-corrected chi connectivity index (χ1v) is 7.49. The van der Waals surface area contributed by atoms with Gasteiger partial charge < -0.3 is 9.88 Å². The molecule has 0 bridgehead atoms. The van der Waals surface area contributed by atoms with Crippen molar-refractivity contribution in [1.82, 2.24) is 14.9 Å². The number of hydrogen-bond donors (Lipinski definition) is 1. The third-order valence-electron chi connectivity index (χ3n) is 3.61. The Morgan fingerprint density at radius 2 is 1.95 bits per heavy atom. The summed E-state index contributed by atoms with van der Waals surface area (Å²) in [6.07, 6.45) is 4.94. The number of imidazole rings is 1. The Kier molecular flexibility index (Phi) is 5.36. The predicted molar refractivity (Wildman–Crippen MR) is 83.9 cm³/mol. The third-order valence-corrected chi connectivity index (χ3v) is 3.61. The van der Waals surface area contributed by atoms with Gasteiger partial charge in [-0.05, 0) is 12.5 Å². The number of aryl methyl sites for hydroxylation is 1. The van der Waals surface area contributed by atoms with E-state index in [9.17, 15) is 0 Å². The van der Waals surface area contributed by atoms with Crippen LogP contribution < -0.4 is 5.32 Å². The van der Waals surface area contributed by atoms with Crippen molar-refractivity contribution in [2.24, 2.45) is 0 Å². The maximum Gasteiger partial charge on any atom is 0.109 e. The molecule has 0 radical (unpaired) electrons. The highest BCUT2D eigenvalue weighted by atomic mass is 15.1. The molecule has 0 saturated heterocycles. The van der Waals surface area contributed by atoms with Crippen molar-refractivity contribution in [1.29, 1.82) is 0 Å². The molecule has 0 aliphatic carbocycles. The van der Waals surface area contributed by atoms with Crippen molar-refractivity contribution in [3.63, 3.8) is 0 Å². The summed E-state index contributed by atoms with van der Waals surface area (Å²) in [6.45, 7) is 8.51. The van der Waals surface area contributed by atoms with Crippen LogP contribution in [0, 0.1) is 0 Å². The molecule has 2 aromatic rings. The lowest BCUT2D eigenvalue weighted by Gasteiger charge is -2.20. The van der Waals surface area contributed by atoms with E-state index in [1.54, 1.807) is 0 Å². The minimum Gasteiger partial charge on any atom is -0.335 e. The molecule has 0 saturated carbocycles. The molecule has 1 N–H and O–H groups in total. The van der Waals surface area contributed by atoms with Crippen LogP contribution in [0.3, 0.4) is 0 Å². The zero-order valence-corrected chi connectivity index (χ0v) is 12.7. The highest BCUT2D eigenvalue weighted by molar-refractivity contribution is 5.21. The molecule has 1 aromatic carbocycles. The number of nitrogens with zero attached hydrogens (tertiary/aromatic N) is 2. The Morgan fingerprint density at radius 1 is 1.20 bits per heavy atom. The number of aromatic nitrogens is 2. The van der Waals surface area contributed by atoms with E-state index in [0.717, 1.165) is 19.5 Å². The molecule has 3 nitrogen and oxygen atoms in total. The van der Waals surface area contributed by atoms with Gasteiger partial charge in [0.05, 0.1) is 0 Å². The van der Waals surface area contributed by atoms with Crippen molar-refractivity contribution in [2.45, 2.75) is 45.7 Å². The van der Waals surface area contributed by atoms with Gasteiger partial charge in [0.1, 0.15) is 5.82 Å². The summed E-state index contributed by atoms with van der Waals surface area (Å²) in [5.41, 5.74) is 1.38. The van der Waals surface area contributed by atoms with E-state index in [1.165, 1.54) is 11.4 Å². The maximum atomic E-state index is 4.51. The fourth-order valence-electron chi connectivity index (χ4n) is 2.45. The molecule has 0 aliphatic rings. The van der Waals surface area contributed by atoms with Crippen LogP contribution in [0.25, 0.3) is 0 Å². The molecule has 20 heavy (non-hydrogen) atoms. The summed E-state index contributed by atoms with van der Waals surface area (Å²) in [5.74, 6) is 1.64. The smallest absolute Gasteiger partial charge is 0.109 e. The van der Waals surface area contributed by atoms with Crippen LogP contribution in [0.5, 0.6) is 0 Å². The summed E-state index contributed by atoms with van der Waals surface area (Å²) in [6, 6.07) is 11.2. The standard InChI is InChI=1S/C17H25N3/c1-4-20-11-10-18-17(20)12-16(13-19-14(2)3)15-8-6-5-7-9-15/h5-11,14,16,19H,4,12-13H2,1-3H3. The summed E-state index contributed by atoms with van der Waals surface area (Å²) in [5, 5.41) is 3.56. The lowest BCUT2D eigenvalue weighted by molar-refractivity contribution is 0.512. The monoisotopic (exact) mass is 271 g/mol. The summed E-state index contributed by atoms with van der Waals surface area (Å²) >= 11 is 0. The molecule has 1 atom stereocenters. The average Bonchev–Trinajstić information content (AvgIpc) is 2.91. The topological polar surface area (TPSA) is 29.9 Å². The lowest BCUT2D eigenvalue weighted by Crippen LogP contribution is -2.29. The molecular formula is C17H25N3. The molecule has 0 spiro atoms. The predicted octanol–water partition coefficient (Wildman–Crippen LogP) is 3.23. The van der Waals surface area contributed by atoms with E-state index in [0.29, 0.717) is 12.0 Å². The molecular weight excluding hydrogens is 246 g/mol. The second-order valence-corrected chi connectivity index (χ2v) is 5.50. The Bertz CT molecular complexity index is 502. The molecule has 1 heterocycles. The fourth-order valence-corrected chi connectivity index (χ4v) is 2.45. The zero-order valence-electron chi connectivity index (χ0n) is 12.7. The fraction of sp³-hybridized carbons (Fsp3) is 0.471. The first-order chi connectivity index (χ1) is 9.70. The van der Waals surface area contributed by atoms with Gasteiger partial charge in [-0.25, -0.2) is 4.98 Å². The minimum absolute atomic E-state index is 0.464. The van der Waals surface area contributed by atoms with E-state index < -0.39 is 0 Å². The van der Waals surface area contributed by atoms with Crippen molar-refractivity contribution in [3.8, 4) is 0 Å². The van der Waals surface area contributed by atoms with Gasteiger partial charge in [0.2, 0.25) is 0 Å². The summed E-state index contributed by atoms with van der Waals surface area (Å²) < 4.78 is 2.23. The molecule has 0 fully saturated rings. The first-order valence-electron chi connectivity index (χ1n) is 7.49. The van der Waals surface area contributed by atoms with Crippen LogP contribution in [0.15, 0.2) is 42.7 Å². The largest absolute Gasteiger partial charge is 0.335 e. The Hall–Kier alpha value is -1.61. The minimum atomic E-state index is 0.464. The molecule has 2 rings (SSSR count). The van der Waals surface area contributed by atoms with Gasteiger partial charge in [-0.1, -0.05) is 44.2 Å². The van der Waals surface area contributed by atoms with Crippen LogP contribution in [-0.4, -0.2) is 22.1 Å².